The van der Waals surface area contributed by atoms with Crippen LogP contribution in [0.5, 0.6) is 0 Å². The quantitative estimate of drug-likeness (QED) is 0.825. The van der Waals surface area contributed by atoms with Gasteiger partial charge in [0, 0.05) is 0 Å². The van der Waals surface area contributed by atoms with Gasteiger partial charge in [-0.2, -0.15) is 0 Å². The van der Waals surface area contributed by atoms with Crippen molar-refractivity contribution in [2.45, 2.75) is 5.75 Å². The van der Waals surface area contributed by atoms with E-state index in [0.717, 1.165) is 0 Å². The number of hydrogen-bond donors (Lipinski definition) is 1. The molecule has 9 heteroatoms. The average molecular weight is 401 g/mol. The SMILES string of the molecule is O=C1OCCN1c1ccccc1NS(=O)(=O)Cc1ccc(Cl)c(Cl)c1. The fraction of sp³-hybridized carbons (Fsp3) is 0.188. The zero-order chi connectivity index (χ0) is 18.0. The van der Waals surface area contributed by atoms with Crippen LogP contribution < -0.4 is 9.62 Å². The van der Waals surface area contributed by atoms with Crippen molar-refractivity contribution in [3.05, 3.63) is 58.1 Å². The van der Waals surface area contributed by atoms with E-state index in [9.17, 15) is 13.2 Å². The summed E-state index contributed by atoms with van der Waals surface area (Å²) in [5.74, 6) is -0.275. The summed E-state index contributed by atoms with van der Waals surface area (Å²) < 4.78 is 32.4. The summed E-state index contributed by atoms with van der Waals surface area (Å²) in [6, 6.07) is 11.3. The molecule has 1 saturated heterocycles. The summed E-state index contributed by atoms with van der Waals surface area (Å²) in [6.45, 7) is 0.632. The topological polar surface area (TPSA) is 75.7 Å². The molecule has 132 valence electrons. The number of carbonyl (C=O) groups excluding carboxylic acids is 1. The lowest BCUT2D eigenvalue weighted by Crippen LogP contribution is -2.25. The van der Waals surface area contributed by atoms with E-state index in [1.54, 1.807) is 36.4 Å². The molecule has 6 nitrogen and oxygen atoms in total. The maximum atomic E-state index is 12.5. The Labute approximate surface area is 155 Å². The molecule has 25 heavy (non-hydrogen) atoms. The number of halogens is 2. The number of hydrogen-bond acceptors (Lipinski definition) is 4. The first-order chi connectivity index (χ1) is 11.9. The summed E-state index contributed by atoms with van der Waals surface area (Å²) in [7, 11) is -3.72. The summed E-state index contributed by atoms with van der Waals surface area (Å²) in [5, 5.41) is 0.642. The molecule has 0 aromatic heterocycles. The molecule has 0 aliphatic carbocycles. The average Bonchev–Trinajstić information content (AvgIpc) is 2.97. The normalized spacial score (nSPS) is 14.5. The Morgan fingerprint density at radius 1 is 1.12 bits per heavy atom. The second-order valence-corrected chi connectivity index (χ2v) is 7.93. The number of nitrogens with one attached hydrogen (secondary N) is 1. The van der Waals surface area contributed by atoms with Crippen LogP contribution in [0.25, 0.3) is 0 Å². The number of benzene rings is 2. The fourth-order valence-corrected chi connectivity index (χ4v) is 3.98. The Balaban J connectivity index is 1.83. The lowest BCUT2D eigenvalue weighted by molar-refractivity contribution is 0.181. The molecule has 0 unspecified atom stereocenters. The Bertz CT molecular complexity index is 918. The molecule has 2 aromatic rings. The number of ether oxygens (including phenoxy) is 1. The van der Waals surface area contributed by atoms with Gasteiger partial charge >= 0.3 is 6.09 Å². The minimum absolute atomic E-state index is 0.267. The fourth-order valence-electron chi connectivity index (χ4n) is 2.46. The zero-order valence-electron chi connectivity index (χ0n) is 12.9. The first-order valence-electron chi connectivity index (χ1n) is 7.33. The van der Waals surface area contributed by atoms with Crippen molar-refractivity contribution in [1.29, 1.82) is 0 Å². The number of cyclic esters (lactones) is 1. The molecule has 1 fully saturated rings. The predicted molar refractivity (Wildman–Crippen MR) is 97.8 cm³/mol. The zero-order valence-corrected chi connectivity index (χ0v) is 15.2. The molecule has 0 atom stereocenters. The summed E-state index contributed by atoms with van der Waals surface area (Å²) >= 11 is 11.8. The Morgan fingerprint density at radius 2 is 1.88 bits per heavy atom. The summed E-state index contributed by atoms with van der Waals surface area (Å²) in [5.41, 5.74) is 1.25. The number of nitrogens with zero attached hydrogens (tertiary/aromatic N) is 1. The van der Waals surface area contributed by atoms with Crippen molar-refractivity contribution in [1.82, 2.24) is 0 Å². The van der Waals surface area contributed by atoms with Crippen molar-refractivity contribution in [2.24, 2.45) is 0 Å². The molecule has 0 radical (unpaired) electrons. The predicted octanol–water partition coefficient (Wildman–Crippen LogP) is 3.89. The van der Waals surface area contributed by atoms with Crippen LogP contribution in [0.1, 0.15) is 5.56 Å². The van der Waals surface area contributed by atoms with Gasteiger partial charge in [0.05, 0.1) is 33.7 Å². The molecular formula is C16H14Cl2N2O4S. The highest BCUT2D eigenvalue weighted by Gasteiger charge is 2.26. The number of amides is 1. The first kappa shape index (κ1) is 17.8. The minimum atomic E-state index is -3.72. The van der Waals surface area contributed by atoms with E-state index in [-0.39, 0.29) is 17.4 Å². The molecule has 0 bridgehead atoms. The Morgan fingerprint density at radius 3 is 2.56 bits per heavy atom. The van der Waals surface area contributed by atoms with Crippen molar-refractivity contribution in [2.75, 3.05) is 22.8 Å². The third-order valence-corrected chi connectivity index (χ3v) is 5.55. The van der Waals surface area contributed by atoms with Crippen LogP contribution in [0.15, 0.2) is 42.5 Å². The number of sulfonamides is 1. The van der Waals surface area contributed by atoms with Gasteiger partial charge in [0.25, 0.3) is 0 Å². The van der Waals surface area contributed by atoms with Gasteiger partial charge in [-0.25, -0.2) is 13.2 Å². The lowest BCUT2D eigenvalue weighted by Gasteiger charge is -2.18. The van der Waals surface area contributed by atoms with Crippen LogP contribution in [-0.4, -0.2) is 27.7 Å². The second-order valence-electron chi connectivity index (χ2n) is 5.39. The van der Waals surface area contributed by atoms with Gasteiger partial charge in [-0.15, -0.1) is 0 Å². The van der Waals surface area contributed by atoms with E-state index >= 15 is 0 Å². The molecule has 1 N–H and O–H groups in total. The lowest BCUT2D eigenvalue weighted by atomic mass is 10.2. The van der Waals surface area contributed by atoms with Gasteiger partial charge in [0.1, 0.15) is 6.61 Å². The maximum Gasteiger partial charge on any atom is 0.414 e. The van der Waals surface area contributed by atoms with Crippen molar-refractivity contribution in [3.63, 3.8) is 0 Å². The third-order valence-electron chi connectivity index (χ3n) is 3.56. The van der Waals surface area contributed by atoms with Crippen molar-refractivity contribution < 1.29 is 17.9 Å². The van der Waals surface area contributed by atoms with Gasteiger partial charge in [-0.3, -0.25) is 9.62 Å². The molecule has 1 heterocycles. The Hall–Kier alpha value is -1.96. The molecule has 0 saturated carbocycles. The standard InChI is InChI=1S/C16H14Cl2N2O4S/c17-12-6-5-11(9-13(12)18)10-25(22,23)19-14-3-1-2-4-15(14)20-7-8-24-16(20)21/h1-6,9,19H,7-8,10H2. The van der Waals surface area contributed by atoms with Gasteiger partial charge in [0.2, 0.25) is 10.0 Å². The number of para-hydroxylation sites is 2. The molecule has 1 aliphatic rings. The van der Waals surface area contributed by atoms with Crippen LogP contribution in [0.3, 0.4) is 0 Å². The smallest absolute Gasteiger partial charge is 0.414 e. The molecule has 3 rings (SSSR count). The van der Waals surface area contributed by atoms with Gasteiger partial charge in [0.15, 0.2) is 0 Å². The van der Waals surface area contributed by atoms with Crippen molar-refractivity contribution in [3.8, 4) is 0 Å². The number of anilines is 2. The highest BCUT2D eigenvalue weighted by Crippen LogP contribution is 2.30. The Kier molecular flexibility index (Phi) is 5.08. The molecule has 0 spiro atoms. The van der Waals surface area contributed by atoms with E-state index in [4.69, 9.17) is 27.9 Å². The van der Waals surface area contributed by atoms with Gasteiger partial charge < -0.3 is 4.74 Å². The van der Waals surface area contributed by atoms with Crippen LogP contribution >= 0.6 is 23.2 Å². The van der Waals surface area contributed by atoms with E-state index < -0.39 is 16.1 Å². The van der Waals surface area contributed by atoms with Gasteiger partial charge in [-0.05, 0) is 29.8 Å². The number of rotatable bonds is 5. The third kappa shape index (κ3) is 4.18. The maximum absolute atomic E-state index is 12.5. The van der Waals surface area contributed by atoms with E-state index in [0.29, 0.717) is 28.5 Å². The largest absolute Gasteiger partial charge is 0.447 e. The minimum Gasteiger partial charge on any atom is -0.447 e. The molecule has 2 aromatic carbocycles. The monoisotopic (exact) mass is 400 g/mol. The summed E-state index contributed by atoms with van der Waals surface area (Å²) in [4.78, 5) is 13.1. The van der Waals surface area contributed by atoms with Crippen molar-refractivity contribution >= 4 is 50.7 Å². The molecular weight excluding hydrogens is 387 g/mol. The van der Waals surface area contributed by atoms with Crippen LogP contribution in [0.4, 0.5) is 16.2 Å². The number of carbonyl (C=O) groups is 1. The van der Waals surface area contributed by atoms with E-state index in [1.165, 1.54) is 11.0 Å². The van der Waals surface area contributed by atoms with E-state index in [1.807, 2.05) is 0 Å². The summed E-state index contributed by atoms with van der Waals surface area (Å²) in [6.07, 6.45) is -0.504. The van der Waals surface area contributed by atoms with E-state index in [2.05, 4.69) is 4.72 Å². The first-order valence-corrected chi connectivity index (χ1v) is 9.74. The van der Waals surface area contributed by atoms with Gasteiger partial charge in [-0.1, -0.05) is 41.4 Å². The van der Waals surface area contributed by atoms with Crippen LogP contribution in [0, 0.1) is 0 Å². The highest BCUT2D eigenvalue weighted by atomic mass is 35.5. The molecule has 1 amide bonds. The van der Waals surface area contributed by atoms with Crippen LogP contribution in [-0.2, 0) is 20.5 Å². The molecule has 1 aliphatic heterocycles. The highest BCUT2D eigenvalue weighted by molar-refractivity contribution is 7.91. The second kappa shape index (κ2) is 7.11. The van der Waals surface area contributed by atoms with Crippen LogP contribution in [0.2, 0.25) is 10.0 Å².